The molecule has 132 valence electrons. The van der Waals surface area contributed by atoms with Gasteiger partial charge in [0.05, 0.1) is 19.8 Å². The van der Waals surface area contributed by atoms with Crippen LogP contribution in [0.4, 0.5) is 0 Å². The van der Waals surface area contributed by atoms with E-state index in [0.29, 0.717) is 35.2 Å². The van der Waals surface area contributed by atoms with Crippen LogP contribution in [0.25, 0.3) is 11.4 Å². The van der Waals surface area contributed by atoms with Crippen LogP contribution in [0.1, 0.15) is 11.1 Å². The monoisotopic (exact) mass is 414 g/mol. The number of aromatic amines is 1. The van der Waals surface area contributed by atoms with Crippen molar-refractivity contribution in [3.63, 3.8) is 0 Å². The molecule has 0 unspecified atom stereocenters. The van der Waals surface area contributed by atoms with Gasteiger partial charge < -0.3 is 19.2 Å². The first kappa shape index (κ1) is 16.7. The van der Waals surface area contributed by atoms with Gasteiger partial charge in [0.25, 0.3) is 5.56 Å². The minimum absolute atomic E-state index is 0.217. The second kappa shape index (κ2) is 6.49. The highest BCUT2D eigenvalue weighted by Gasteiger charge is 2.25. The van der Waals surface area contributed by atoms with Crippen molar-refractivity contribution in [1.29, 1.82) is 0 Å². The van der Waals surface area contributed by atoms with Gasteiger partial charge in [0.2, 0.25) is 5.88 Å². The molecule has 7 heteroatoms. The summed E-state index contributed by atoms with van der Waals surface area (Å²) in [5, 5.41) is 0. The Kier molecular flexibility index (Phi) is 4.16. The maximum absolute atomic E-state index is 12.6. The first-order valence-electron chi connectivity index (χ1n) is 7.91. The minimum Gasteiger partial charge on any atom is -0.497 e. The van der Waals surface area contributed by atoms with Gasteiger partial charge in [-0.2, -0.15) is 4.98 Å². The third kappa shape index (κ3) is 2.84. The zero-order valence-corrected chi connectivity index (χ0v) is 15.7. The average Bonchev–Trinajstić information content (AvgIpc) is 2.66. The van der Waals surface area contributed by atoms with Gasteiger partial charge >= 0.3 is 0 Å². The predicted octanol–water partition coefficient (Wildman–Crippen LogP) is 3.91. The third-order valence-corrected chi connectivity index (χ3v) is 4.68. The summed E-state index contributed by atoms with van der Waals surface area (Å²) in [6.07, 6.45) is 0.422. The number of aromatic nitrogens is 2. The van der Waals surface area contributed by atoms with Gasteiger partial charge in [-0.1, -0.05) is 15.9 Å². The standard InChI is InChI=1S/C19H15BrN2O4/c1-24-13-5-3-10(4-6-13)17-21-18(23)14-8-11-7-12(20)9-15(25-2)16(11)26-19(14)22-17/h3-7,9H,8H2,1-2H3,(H,21,22,23). The molecule has 0 bridgehead atoms. The molecule has 1 N–H and O–H groups in total. The van der Waals surface area contributed by atoms with E-state index < -0.39 is 0 Å². The highest BCUT2D eigenvalue weighted by atomic mass is 79.9. The van der Waals surface area contributed by atoms with E-state index in [4.69, 9.17) is 14.2 Å². The molecular formula is C19H15BrN2O4. The third-order valence-electron chi connectivity index (χ3n) is 4.22. The number of nitrogens with one attached hydrogen (secondary N) is 1. The summed E-state index contributed by atoms with van der Waals surface area (Å²) in [5.74, 6) is 2.65. The van der Waals surface area contributed by atoms with Crippen molar-refractivity contribution >= 4 is 15.9 Å². The summed E-state index contributed by atoms with van der Waals surface area (Å²) in [4.78, 5) is 19.9. The number of benzene rings is 2. The molecule has 0 aliphatic carbocycles. The Labute approximate surface area is 157 Å². The lowest BCUT2D eigenvalue weighted by Crippen LogP contribution is -2.20. The molecule has 0 radical (unpaired) electrons. The highest BCUT2D eigenvalue weighted by molar-refractivity contribution is 9.10. The normalized spacial score (nSPS) is 12.0. The average molecular weight is 415 g/mol. The summed E-state index contributed by atoms with van der Waals surface area (Å²) in [5.41, 5.74) is 1.91. The van der Waals surface area contributed by atoms with Gasteiger partial charge in [-0.15, -0.1) is 0 Å². The molecule has 2 aromatic carbocycles. The molecule has 1 aliphatic heterocycles. The Morgan fingerprint density at radius 1 is 1.15 bits per heavy atom. The molecule has 3 aromatic rings. The van der Waals surface area contributed by atoms with Crippen LogP contribution < -0.4 is 19.8 Å². The number of hydrogen-bond acceptors (Lipinski definition) is 5. The van der Waals surface area contributed by atoms with Crippen LogP contribution in [0.3, 0.4) is 0 Å². The maximum atomic E-state index is 12.6. The second-order valence-corrected chi connectivity index (χ2v) is 6.72. The van der Waals surface area contributed by atoms with Crippen LogP contribution >= 0.6 is 15.9 Å². The summed E-state index contributed by atoms with van der Waals surface area (Å²) in [6.45, 7) is 0. The van der Waals surface area contributed by atoms with E-state index in [1.165, 1.54) is 0 Å². The van der Waals surface area contributed by atoms with Gasteiger partial charge in [-0.3, -0.25) is 4.79 Å². The van der Waals surface area contributed by atoms with E-state index in [2.05, 4.69) is 25.9 Å². The Morgan fingerprint density at radius 2 is 1.92 bits per heavy atom. The molecule has 26 heavy (non-hydrogen) atoms. The highest BCUT2D eigenvalue weighted by Crippen LogP contribution is 2.42. The Hall–Kier alpha value is -2.80. The van der Waals surface area contributed by atoms with Gasteiger partial charge in [-0.05, 0) is 36.4 Å². The molecule has 4 rings (SSSR count). The summed E-state index contributed by atoms with van der Waals surface area (Å²) in [7, 11) is 3.18. The molecule has 0 saturated heterocycles. The van der Waals surface area contributed by atoms with Crippen LogP contribution in [0, 0.1) is 0 Å². The van der Waals surface area contributed by atoms with Gasteiger partial charge in [0.1, 0.15) is 11.6 Å². The van der Waals surface area contributed by atoms with Crippen LogP contribution in [-0.2, 0) is 6.42 Å². The Balaban J connectivity index is 1.79. The lowest BCUT2D eigenvalue weighted by molar-refractivity contribution is 0.364. The largest absolute Gasteiger partial charge is 0.497 e. The molecule has 0 spiro atoms. The molecular weight excluding hydrogens is 400 g/mol. The SMILES string of the molecule is COc1ccc(-c2nc3c(c(=O)[nH]2)Cc2cc(Br)cc(OC)c2O3)cc1. The van der Waals surface area contributed by atoms with Crippen LogP contribution in [0.15, 0.2) is 45.7 Å². The zero-order chi connectivity index (χ0) is 18.3. The number of halogens is 1. The summed E-state index contributed by atoms with van der Waals surface area (Å²) < 4.78 is 17.4. The molecule has 2 heterocycles. The minimum atomic E-state index is -0.217. The van der Waals surface area contributed by atoms with Crippen molar-refractivity contribution in [3.05, 3.63) is 62.4 Å². The number of hydrogen-bond donors (Lipinski definition) is 1. The Morgan fingerprint density at radius 3 is 2.62 bits per heavy atom. The van der Waals surface area contributed by atoms with Crippen molar-refractivity contribution < 1.29 is 14.2 Å². The van der Waals surface area contributed by atoms with E-state index in [9.17, 15) is 4.79 Å². The fraction of sp³-hybridized carbons (Fsp3) is 0.158. The van der Waals surface area contributed by atoms with Crippen LogP contribution in [0.2, 0.25) is 0 Å². The van der Waals surface area contributed by atoms with Crippen molar-refractivity contribution in [3.8, 4) is 34.5 Å². The topological polar surface area (TPSA) is 73.4 Å². The number of nitrogens with zero attached hydrogens (tertiary/aromatic N) is 1. The van der Waals surface area contributed by atoms with E-state index in [1.807, 2.05) is 36.4 Å². The van der Waals surface area contributed by atoms with Crippen molar-refractivity contribution in [2.24, 2.45) is 0 Å². The van der Waals surface area contributed by atoms with E-state index >= 15 is 0 Å². The van der Waals surface area contributed by atoms with Crippen molar-refractivity contribution in [2.45, 2.75) is 6.42 Å². The van der Waals surface area contributed by atoms with Crippen molar-refractivity contribution in [2.75, 3.05) is 14.2 Å². The fourth-order valence-electron chi connectivity index (χ4n) is 2.91. The summed E-state index contributed by atoms with van der Waals surface area (Å²) >= 11 is 3.45. The first-order valence-corrected chi connectivity index (χ1v) is 8.70. The van der Waals surface area contributed by atoms with Gasteiger partial charge in [-0.25, -0.2) is 0 Å². The van der Waals surface area contributed by atoms with Crippen LogP contribution in [0.5, 0.6) is 23.1 Å². The molecule has 0 atom stereocenters. The number of rotatable bonds is 3. The van der Waals surface area contributed by atoms with E-state index in [1.54, 1.807) is 14.2 Å². The fourth-order valence-corrected chi connectivity index (χ4v) is 3.40. The van der Waals surface area contributed by atoms with Crippen LogP contribution in [-0.4, -0.2) is 24.2 Å². The molecule has 0 amide bonds. The number of methoxy groups -OCH3 is 2. The lowest BCUT2D eigenvalue weighted by Gasteiger charge is -2.21. The quantitative estimate of drug-likeness (QED) is 0.549. The van der Waals surface area contributed by atoms with Crippen molar-refractivity contribution in [1.82, 2.24) is 9.97 Å². The number of ether oxygens (including phenoxy) is 3. The molecule has 0 saturated carbocycles. The number of fused-ring (bicyclic) bond motifs is 2. The molecule has 6 nitrogen and oxygen atoms in total. The maximum Gasteiger partial charge on any atom is 0.258 e. The zero-order valence-electron chi connectivity index (χ0n) is 14.1. The molecule has 1 aliphatic rings. The predicted molar refractivity (Wildman–Crippen MR) is 100 cm³/mol. The molecule has 1 aromatic heterocycles. The smallest absolute Gasteiger partial charge is 0.258 e. The van der Waals surface area contributed by atoms with E-state index in [-0.39, 0.29) is 5.56 Å². The molecule has 0 fully saturated rings. The van der Waals surface area contributed by atoms with E-state index in [0.717, 1.165) is 21.3 Å². The number of H-pyrrole nitrogens is 1. The summed E-state index contributed by atoms with van der Waals surface area (Å²) in [6, 6.07) is 11.0. The Bertz CT molecular complexity index is 1040. The lowest BCUT2D eigenvalue weighted by atomic mass is 10.0. The van der Waals surface area contributed by atoms with Gasteiger partial charge in [0, 0.05) is 22.0 Å². The first-order chi connectivity index (χ1) is 12.6. The second-order valence-electron chi connectivity index (χ2n) is 5.80. The van der Waals surface area contributed by atoms with Gasteiger partial charge in [0.15, 0.2) is 11.5 Å².